The first-order valence-electron chi connectivity index (χ1n) is 7.19. The van der Waals surface area contributed by atoms with Gasteiger partial charge < -0.3 is 15.0 Å². The van der Waals surface area contributed by atoms with Crippen molar-refractivity contribution in [3.05, 3.63) is 65.7 Å². The van der Waals surface area contributed by atoms with Gasteiger partial charge in [-0.1, -0.05) is 18.2 Å². The van der Waals surface area contributed by atoms with E-state index >= 15 is 0 Å². The molecule has 0 bridgehead atoms. The highest BCUT2D eigenvalue weighted by atomic mass is 19.1. The van der Waals surface area contributed by atoms with Gasteiger partial charge in [0.15, 0.2) is 5.82 Å². The minimum absolute atomic E-state index is 0.0817. The van der Waals surface area contributed by atoms with Crippen LogP contribution in [-0.4, -0.2) is 20.6 Å². The fraction of sp³-hybridized carbons (Fsp3) is 0.0588. The summed E-state index contributed by atoms with van der Waals surface area (Å²) in [5, 5.41) is 12.3. The maximum atomic E-state index is 13.7. The van der Waals surface area contributed by atoms with Gasteiger partial charge >= 0.3 is 0 Å². The molecule has 3 aromatic rings. The quantitative estimate of drug-likeness (QED) is 0.759. The van der Waals surface area contributed by atoms with Crippen molar-refractivity contribution in [3.63, 3.8) is 0 Å². The Hall–Kier alpha value is -3.22. The van der Waals surface area contributed by atoms with E-state index in [9.17, 15) is 18.7 Å². The summed E-state index contributed by atoms with van der Waals surface area (Å²) >= 11 is 0. The van der Waals surface area contributed by atoms with Gasteiger partial charge in [-0.05, 0) is 24.3 Å². The molecule has 1 aliphatic heterocycles. The van der Waals surface area contributed by atoms with Crippen molar-refractivity contribution in [3.8, 4) is 0 Å². The number of carbonyl (C=O) groups is 1. The minimum Gasteiger partial charge on any atom is -0.509 e. The van der Waals surface area contributed by atoms with Gasteiger partial charge in [0, 0.05) is 0 Å². The number of anilines is 1. The third kappa shape index (κ3) is 2.05. The summed E-state index contributed by atoms with van der Waals surface area (Å²) in [5.74, 6) is -2.53. The summed E-state index contributed by atoms with van der Waals surface area (Å²) in [7, 11) is 0. The van der Waals surface area contributed by atoms with Crippen LogP contribution in [0.1, 0.15) is 5.82 Å². The maximum Gasteiger partial charge on any atom is 0.263 e. The van der Waals surface area contributed by atoms with Crippen molar-refractivity contribution >= 4 is 28.2 Å². The molecule has 0 radical (unpaired) electrons. The van der Waals surface area contributed by atoms with Crippen molar-refractivity contribution in [1.29, 1.82) is 0 Å². The number of nitrogens with one attached hydrogen (secondary N) is 1. The summed E-state index contributed by atoms with van der Waals surface area (Å²) in [5.41, 5.74) is 0.785. The molecule has 0 unspecified atom stereocenters. The van der Waals surface area contributed by atoms with E-state index in [1.807, 2.05) is 18.2 Å². The lowest BCUT2D eigenvalue weighted by Crippen LogP contribution is -2.16. The Morgan fingerprint density at radius 2 is 1.83 bits per heavy atom. The molecule has 4 rings (SSSR count). The topological polar surface area (TPSA) is 67.2 Å². The molecule has 1 amide bonds. The van der Waals surface area contributed by atoms with Gasteiger partial charge in [-0.25, -0.2) is 13.8 Å². The summed E-state index contributed by atoms with van der Waals surface area (Å²) in [4.78, 5) is 16.8. The lowest BCUT2D eigenvalue weighted by Gasteiger charge is -2.08. The van der Waals surface area contributed by atoms with Crippen LogP contribution in [0.25, 0.3) is 16.6 Å². The molecule has 2 N–H and O–H groups in total. The van der Waals surface area contributed by atoms with Gasteiger partial charge in [0.05, 0.1) is 17.6 Å². The van der Waals surface area contributed by atoms with Gasteiger partial charge in [0.1, 0.15) is 28.7 Å². The highest BCUT2D eigenvalue weighted by Gasteiger charge is 2.31. The molecule has 7 heteroatoms. The van der Waals surface area contributed by atoms with Crippen LogP contribution in [0.2, 0.25) is 0 Å². The molecule has 2 aromatic carbocycles. The molecule has 120 valence electrons. The Morgan fingerprint density at radius 1 is 1.12 bits per heavy atom. The molecular weight excluding hydrogens is 316 g/mol. The number of amides is 1. The van der Waals surface area contributed by atoms with Crippen LogP contribution in [0, 0.1) is 11.6 Å². The van der Waals surface area contributed by atoms with Crippen LogP contribution < -0.4 is 5.32 Å². The fourth-order valence-electron chi connectivity index (χ4n) is 2.81. The number of hydrogen-bond acceptors (Lipinski definition) is 3. The zero-order chi connectivity index (χ0) is 16.8. The zero-order valence-electron chi connectivity index (χ0n) is 12.3. The third-order valence-corrected chi connectivity index (χ3v) is 3.90. The molecule has 0 aliphatic carbocycles. The summed E-state index contributed by atoms with van der Waals surface area (Å²) in [6.07, 6.45) is 0. The summed E-state index contributed by atoms with van der Waals surface area (Å²) in [6, 6.07) is 10.5. The third-order valence-electron chi connectivity index (χ3n) is 3.90. The first kappa shape index (κ1) is 14.4. The zero-order valence-corrected chi connectivity index (χ0v) is 12.3. The number of fused-ring (bicyclic) bond motifs is 3. The van der Waals surface area contributed by atoms with Crippen LogP contribution >= 0.6 is 0 Å². The Morgan fingerprint density at radius 3 is 2.58 bits per heavy atom. The largest absolute Gasteiger partial charge is 0.509 e. The van der Waals surface area contributed by atoms with Crippen LogP contribution in [0.15, 0.2) is 48.2 Å². The second kappa shape index (κ2) is 5.16. The van der Waals surface area contributed by atoms with Crippen molar-refractivity contribution in [2.75, 3.05) is 5.32 Å². The number of nitrogens with zero attached hydrogens (tertiary/aromatic N) is 2. The summed E-state index contributed by atoms with van der Waals surface area (Å²) in [6.45, 7) is 0.0817. The number of rotatable bonds is 2. The molecule has 0 atom stereocenters. The molecule has 0 saturated heterocycles. The molecular formula is C17H11F2N3O2. The highest BCUT2D eigenvalue weighted by Crippen LogP contribution is 2.31. The second-order valence-electron chi connectivity index (χ2n) is 5.38. The standard InChI is InChI=1S/C17H11F2N3O2/c18-9-4-3-5-10(19)15(9)21-17(24)14-13(23)8-22-12-7-2-1-6-11(12)20-16(14)22/h1-7,23H,8H2,(H,21,24). The predicted octanol–water partition coefficient (Wildman–Crippen LogP) is 3.24. The SMILES string of the molecule is O=C(Nc1c(F)cccc1F)C1=C(O)Cn2c1nc1ccccc12. The van der Waals surface area contributed by atoms with E-state index < -0.39 is 23.2 Å². The average molecular weight is 327 g/mol. The second-order valence-corrected chi connectivity index (χ2v) is 5.38. The van der Waals surface area contributed by atoms with E-state index in [4.69, 9.17) is 0 Å². The number of imidazole rings is 1. The van der Waals surface area contributed by atoms with Crippen molar-refractivity contribution in [2.24, 2.45) is 0 Å². The number of benzene rings is 2. The summed E-state index contributed by atoms with van der Waals surface area (Å²) < 4.78 is 29.1. The molecule has 2 heterocycles. The average Bonchev–Trinajstić information content (AvgIpc) is 3.05. The van der Waals surface area contributed by atoms with Crippen LogP contribution in [-0.2, 0) is 11.3 Å². The molecule has 1 aromatic heterocycles. The number of aromatic nitrogens is 2. The lowest BCUT2D eigenvalue weighted by atomic mass is 10.2. The van der Waals surface area contributed by atoms with Gasteiger partial charge in [-0.15, -0.1) is 0 Å². The van der Waals surface area contributed by atoms with E-state index in [-0.39, 0.29) is 23.7 Å². The minimum atomic E-state index is -0.894. The molecule has 0 saturated carbocycles. The normalized spacial score (nSPS) is 13.4. The number of halogens is 2. The van der Waals surface area contributed by atoms with Crippen molar-refractivity contribution in [1.82, 2.24) is 9.55 Å². The predicted molar refractivity (Wildman–Crippen MR) is 84.3 cm³/mol. The number of aliphatic hydroxyl groups is 1. The van der Waals surface area contributed by atoms with Crippen molar-refractivity contribution < 1.29 is 18.7 Å². The van der Waals surface area contributed by atoms with E-state index in [1.165, 1.54) is 6.07 Å². The van der Waals surface area contributed by atoms with E-state index in [2.05, 4.69) is 10.3 Å². The number of allylic oxidation sites excluding steroid dienone is 1. The van der Waals surface area contributed by atoms with Crippen LogP contribution in [0.4, 0.5) is 14.5 Å². The Kier molecular flexibility index (Phi) is 3.09. The van der Waals surface area contributed by atoms with Gasteiger partial charge in [0.25, 0.3) is 5.91 Å². The van der Waals surface area contributed by atoms with Crippen molar-refractivity contribution in [2.45, 2.75) is 6.54 Å². The highest BCUT2D eigenvalue weighted by molar-refractivity contribution is 6.26. The van der Waals surface area contributed by atoms with Gasteiger partial charge in [-0.2, -0.15) is 0 Å². The monoisotopic (exact) mass is 327 g/mol. The Balaban J connectivity index is 1.75. The smallest absolute Gasteiger partial charge is 0.263 e. The Bertz CT molecular complexity index is 1000. The number of carbonyl (C=O) groups excluding carboxylic acids is 1. The number of para-hydroxylation sites is 3. The molecule has 5 nitrogen and oxygen atoms in total. The van der Waals surface area contributed by atoms with Gasteiger partial charge in [0.2, 0.25) is 0 Å². The Labute approximate surface area is 134 Å². The van der Waals surface area contributed by atoms with Crippen LogP contribution in [0.3, 0.4) is 0 Å². The molecule has 24 heavy (non-hydrogen) atoms. The maximum absolute atomic E-state index is 13.7. The molecule has 0 fully saturated rings. The fourth-order valence-corrected chi connectivity index (χ4v) is 2.81. The van der Waals surface area contributed by atoms with E-state index in [0.717, 1.165) is 17.6 Å². The first-order chi connectivity index (χ1) is 11.6. The lowest BCUT2D eigenvalue weighted by molar-refractivity contribution is -0.111. The van der Waals surface area contributed by atoms with E-state index in [1.54, 1.807) is 10.6 Å². The van der Waals surface area contributed by atoms with Crippen LogP contribution in [0.5, 0.6) is 0 Å². The molecule has 1 aliphatic rings. The van der Waals surface area contributed by atoms with Gasteiger partial charge in [-0.3, -0.25) is 4.79 Å². The number of aliphatic hydroxyl groups excluding tert-OH is 1. The number of hydrogen-bond donors (Lipinski definition) is 2. The first-order valence-corrected chi connectivity index (χ1v) is 7.19. The van der Waals surface area contributed by atoms with E-state index in [0.29, 0.717) is 5.52 Å². The molecule has 0 spiro atoms.